The Morgan fingerprint density at radius 1 is 1.31 bits per heavy atom. The van der Waals surface area contributed by atoms with Crippen molar-refractivity contribution in [3.8, 4) is 0 Å². The van der Waals surface area contributed by atoms with Crippen molar-refractivity contribution in [3.63, 3.8) is 0 Å². The van der Waals surface area contributed by atoms with Crippen molar-refractivity contribution < 1.29 is 19.4 Å². The highest BCUT2D eigenvalue weighted by Crippen LogP contribution is 2.50. The minimum atomic E-state index is -1.70. The quantitative estimate of drug-likeness (QED) is 0.544. The first-order chi connectivity index (χ1) is 12.1. The number of aliphatic hydroxyl groups excluding tert-OH is 1. The van der Waals surface area contributed by atoms with Gasteiger partial charge in [-0.25, -0.2) is 4.79 Å². The normalized spacial score (nSPS) is 20.7. The number of esters is 1. The third-order valence-corrected chi connectivity index (χ3v) is 12.7. The molecule has 0 radical (unpaired) electrons. The number of rotatable bonds is 6. The second-order valence-corrected chi connectivity index (χ2v) is 14.6. The lowest BCUT2D eigenvalue weighted by atomic mass is 9.94. The number of hydrogen-bond acceptors (Lipinski definition) is 6. The van der Waals surface area contributed by atoms with E-state index in [2.05, 4.69) is 20.8 Å². The van der Waals surface area contributed by atoms with Crippen LogP contribution >= 0.6 is 11.3 Å². The lowest BCUT2D eigenvalue weighted by Gasteiger charge is -2.40. The summed E-state index contributed by atoms with van der Waals surface area (Å²) in [4.78, 5) is 13.9. The van der Waals surface area contributed by atoms with Crippen molar-refractivity contribution in [2.45, 2.75) is 76.9 Å². The van der Waals surface area contributed by atoms with Gasteiger partial charge in [0.2, 0.25) is 0 Å². The zero-order valence-electron chi connectivity index (χ0n) is 16.8. The molecular weight excluding hydrogens is 366 g/mol. The fraction of sp³-hybridized carbons (Fsp3) is 0.737. The van der Waals surface area contributed by atoms with Gasteiger partial charge in [0.15, 0.2) is 0 Å². The maximum absolute atomic E-state index is 12.8. The first-order valence-corrected chi connectivity index (χ1v) is 13.0. The predicted molar refractivity (Wildman–Crippen MR) is 110 cm³/mol. The Hall–Kier alpha value is -0.893. The second kappa shape index (κ2) is 8.00. The van der Waals surface area contributed by atoms with E-state index >= 15 is 0 Å². The fourth-order valence-electron chi connectivity index (χ4n) is 3.90. The Balaban J connectivity index is 2.59. The Morgan fingerprint density at radius 2 is 1.88 bits per heavy atom. The van der Waals surface area contributed by atoms with E-state index in [1.165, 1.54) is 11.3 Å². The largest absolute Gasteiger partial charge is 0.456 e. The predicted octanol–water partition coefficient (Wildman–Crippen LogP) is 4.48. The molecule has 2 unspecified atom stereocenters. The van der Waals surface area contributed by atoms with Crippen LogP contribution < -0.4 is 5.73 Å². The van der Waals surface area contributed by atoms with Gasteiger partial charge in [-0.2, -0.15) is 0 Å². The summed E-state index contributed by atoms with van der Waals surface area (Å²) in [5, 5.41) is 10.4. The molecule has 1 aliphatic heterocycles. The van der Waals surface area contributed by atoms with Gasteiger partial charge >= 0.3 is 5.97 Å². The highest BCUT2D eigenvalue weighted by Gasteiger charge is 2.46. The van der Waals surface area contributed by atoms with Gasteiger partial charge in [-0.15, -0.1) is 11.3 Å². The Kier molecular flexibility index (Phi) is 6.59. The molecule has 7 heteroatoms. The van der Waals surface area contributed by atoms with Crippen molar-refractivity contribution >= 4 is 30.4 Å². The summed E-state index contributed by atoms with van der Waals surface area (Å²) in [5.74, 6) is -0.627. The van der Waals surface area contributed by atoms with Crippen LogP contribution in [0.3, 0.4) is 0 Å². The molecule has 1 aliphatic rings. The number of thiophene rings is 1. The number of nitrogens with two attached hydrogens (primary N) is 1. The summed E-state index contributed by atoms with van der Waals surface area (Å²) in [7, 11) is -1.70. The second-order valence-electron chi connectivity index (χ2n) is 8.14. The third kappa shape index (κ3) is 3.86. The molecule has 2 rings (SSSR count). The number of carbonyl (C=O) groups is 1. The molecule has 1 aromatic rings. The van der Waals surface area contributed by atoms with E-state index in [1.54, 1.807) is 0 Å². The van der Waals surface area contributed by atoms with Crippen molar-refractivity contribution in [1.82, 2.24) is 0 Å². The molecule has 0 aromatic carbocycles. The molecular formula is C19H33NO4SSi. The molecule has 26 heavy (non-hydrogen) atoms. The number of hydrogen-bond donors (Lipinski definition) is 2. The summed E-state index contributed by atoms with van der Waals surface area (Å²) in [6, 6.07) is 3.36. The van der Waals surface area contributed by atoms with Crippen LogP contribution in [-0.2, 0) is 9.47 Å². The van der Waals surface area contributed by atoms with E-state index in [0.29, 0.717) is 17.2 Å². The van der Waals surface area contributed by atoms with Gasteiger partial charge in [0.25, 0.3) is 0 Å². The number of fused-ring (bicyclic) bond motifs is 1. The SMILES string of the molecule is CC[Si](CC)(CC)C1OCC(CO)c2c1sc(N)c2C(=O)OC(C)(C)C. The monoisotopic (exact) mass is 399 g/mol. The molecule has 2 heterocycles. The Morgan fingerprint density at radius 3 is 2.35 bits per heavy atom. The van der Waals surface area contributed by atoms with Crippen LogP contribution in [0.5, 0.6) is 0 Å². The molecule has 3 N–H and O–H groups in total. The van der Waals surface area contributed by atoms with E-state index < -0.39 is 19.6 Å². The van der Waals surface area contributed by atoms with Gasteiger partial charge < -0.3 is 20.3 Å². The van der Waals surface area contributed by atoms with Crippen LogP contribution in [-0.4, -0.2) is 38.0 Å². The van der Waals surface area contributed by atoms with Crippen LogP contribution in [0.25, 0.3) is 0 Å². The summed E-state index contributed by atoms with van der Waals surface area (Å²) < 4.78 is 11.9. The van der Waals surface area contributed by atoms with Crippen LogP contribution in [0.2, 0.25) is 18.1 Å². The molecule has 0 saturated carbocycles. The van der Waals surface area contributed by atoms with Crippen molar-refractivity contribution in [3.05, 3.63) is 16.0 Å². The molecule has 2 atom stereocenters. The van der Waals surface area contributed by atoms with E-state index in [-0.39, 0.29) is 18.3 Å². The molecule has 0 amide bonds. The molecule has 148 valence electrons. The first kappa shape index (κ1) is 21.4. The van der Waals surface area contributed by atoms with Gasteiger partial charge in [-0.3, -0.25) is 0 Å². The molecule has 0 bridgehead atoms. The van der Waals surface area contributed by atoms with Crippen molar-refractivity contribution in [1.29, 1.82) is 0 Å². The Bertz CT molecular complexity index is 640. The lowest BCUT2D eigenvalue weighted by Crippen LogP contribution is -2.44. The van der Waals surface area contributed by atoms with Gasteiger partial charge in [0, 0.05) is 10.8 Å². The van der Waals surface area contributed by atoms with Crippen LogP contribution in [0.4, 0.5) is 5.00 Å². The van der Waals surface area contributed by atoms with Gasteiger partial charge in [-0.1, -0.05) is 38.9 Å². The Labute approximate surface area is 161 Å². The van der Waals surface area contributed by atoms with Crippen molar-refractivity contribution in [2.24, 2.45) is 0 Å². The molecule has 0 saturated heterocycles. The molecule has 0 spiro atoms. The van der Waals surface area contributed by atoms with Crippen LogP contribution in [0.15, 0.2) is 0 Å². The number of ether oxygens (including phenoxy) is 2. The number of carbonyl (C=O) groups excluding carboxylic acids is 1. The van der Waals surface area contributed by atoms with E-state index in [9.17, 15) is 9.90 Å². The fourth-order valence-corrected chi connectivity index (χ4v) is 9.68. The van der Waals surface area contributed by atoms with Crippen molar-refractivity contribution in [2.75, 3.05) is 18.9 Å². The number of anilines is 1. The average Bonchev–Trinajstić information content (AvgIpc) is 2.92. The van der Waals surface area contributed by atoms with Crippen LogP contribution in [0, 0.1) is 0 Å². The third-order valence-electron chi connectivity index (χ3n) is 5.60. The standard InChI is InChI=1S/C19H33NO4SSi/c1-7-26(8-2,9-3)18-15-13(12(10-21)11-23-18)14(16(20)25-15)17(22)24-19(4,5)6/h12,18,21H,7-11,20H2,1-6H3. The summed E-state index contributed by atoms with van der Waals surface area (Å²) in [6.07, 6.45) is 0. The zero-order valence-corrected chi connectivity index (χ0v) is 18.7. The highest BCUT2D eigenvalue weighted by atomic mass is 32.1. The average molecular weight is 400 g/mol. The summed E-state index contributed by atoms with van der Waals surface area (Å²) in [5.41, 5.74) is 7.04. The van der Waals surface area contributed by atoms with E-state index in [1.807, 2.05) is 20.8 Å². The maximum Gasteiger partial charge on any atom is 0.341 e. The minimum Gasteiger partial charge on any atom is -0.456 e. The van der Waals surface area contributed by atoms with Crippen LogP contribution in [0.1, 0.15) is 74.0 Å². The maximum atomic E-state index is 12.8. The molecule has 0 aliphatic carbocycles. The summed E-state index contributed by atoms with van der Waals surface area (Å²) in [6.45, 7) is 12.6. The van der Waals surface area contributed by atoms with Gasteiger partial charge in [0.1, 0.15) is 10.6 Å². The smallest absolute Gasteiger partial charge is 0.341 e. The highest BCUT2D eigenvalue weighted by molar-refractivity contribution is 7.17. The molecule has 1 aromatic heterocycles. The summed E-state index contributed by atoms with van der Waals surface area (Å²) >= 11 is 1.45. The molecule has 5 nitrogen and oxygen atoms in total. The number of nitrogen functional groups attached to an aromatic ring is 1. The molecule has 0 fully saturated rings. The van der Waals surface area contributed by atoms with Gasteiger partial charge in [0.05, 0.1) is 32.6 Å². The van der Waals surface area contributed by atoms with Gasteiger partial charge in [-0.05, 0) is 26.3 Å². The van der Waals surface area contributed by atoms with E-state index in [4.69, 9.17) is 15.2 Å². The lowest BCUT2D eigenvalue weighted by molar-refractivity contribution is 0.00644. The first-order valence-electron chi connectivity index (χ1n) is 9.51. The topological polar surface area (TPSA) is 81.8 Å². The minimum absolute atomic E-state index is 0.0313. The zero-order chi connectivity index (χ0) is 19.7. The number of aliphatic hydroxyl groups is 1. The van der Waals surface area contributed by atoms with E-state index in [0.717, 1.165) is 28.6 Å².